The predicted octanol–water partition coefficient (Wildman–Crippen LogP) is 3.56. The van der Waals surface area contributed by atoms with E-state index in [9.17, 15) is 0 Å². The van der Waals surface area contributed by atoms with Gasteiger partial charge in [0.25, 0.3) is 0 Å². The summed E-state index contributed by atoms with van der Waals surface area (Å²) in [6.45, 7) is 5.05. The minimum absolute atomic E-state index is 0.137. The molecule has 104 valence electrons. The fraction of sp³-hybridized carbons (Fsp3) is 0.467. The van der Waals surface area contributed by atoms with Gasteiger partial charge in [-0.1, -0.05) is 6.92 Å². The third-order valence-corrected chi connectivity index (χ3v) is 4.46. The molecule has 0 amide bonds. The Morgan fingerprint density at radius 1 is 1.37 bits per heavy atom. The average molecular weight is 278 g/mol. The van der Waals surface area contributed by atoms with Gasteiger partial charge in [0.05, 0.1) is 18.8 Å². The minimum atomic E-state index is 0.137. The number of likely N-dealkylation sites (N-methyl/N-ethyl adjacent to an activating group) is 1. The van der Waals surface area contributed by atoms with Crippen molar-refractivity contribution in [3.8, 4) is 0 Å². The van der Waals surface area contributed by atoms with E-state index >= 15 is 0 Å². The van der Waals surface area contributed by atoms with E-state index in [1.165, 1.54) is 9.75 Å². The molecule has 2 aromatic heterocycles. The summed E-state index contributed by atoms with van der Waals surface area (Å²) in [5.74, 6) is 0.976. The van der Waals surface area contributed by atoms with Crippen LogP contribution < -0.4 is 5.73 Å². The van der Waals surface area contributed by atoms with Crippen LogP contribution in [0, 0.1) is 6.92 Å². The van der Waals surface area contributed by atoms with Gasteiger partial charge in [-0.05, 0) is 44.7 Å². The molecule has 0 aliphatic heterocycles. The topological polar surface area (TPSA) is 42.4 Å². The first-order valence-electron chi connectivity index (χ1n) is 6.66. The normalized spacial score (nSPS) is 14.8. The Hall–Kier alpha value is -1.10. The number of aryl methyl sites for hydroxylation is 1. The number of nitrogens with zero attached hydrogens (tertiary/aromatic N) is 1. The number of hydrogen-bond acceptors (Lipinski definition) is 4. The lowest BCUT2D eigenvalue weighted by Gasteiger charge is -2.31. The molecule has 0 bridgehead atoms. The quantitative estimate of drug-likeness (QED) is 0.878. The number of rotatable bonds is 6. The van der Waals surface area contributed by atoms with Gasteiger partial charge < -0.3 is 10.2 Å². The fourth-order valence-corrected chi connectivity index (χ4v) is 3.46. The summed E-state index contributed by atoms with van der Waals surface area (Å²) in [5, 5.41) is 0. The van der Waals surface area contributed by atoms with Gasteiger partial charge in [-0.3, -0.25) is 4.90 Å². The minimum Gasteiger partial charge on any atom is -0.468 e. The van der Waals surface area contributed by atoms with E-state index in [-0.39, 0.29) is 12.1 Å². The first-order chi connectivity index (χ1) is 9.11. The second-order valence-corrected chi connectivity index (χ2v) is 6.28. The highest BCUT2D eigenvalue weighted by Crippen LogP contribution is 2.30. The molecule has 0 aliphatic rings. The van der Waals surface area contributed by atoms with E-state index in [0.717, 1.165) is 18.7 Å². The van der Waals surface area contributed by atoms with Crippen molar-refractivity contribution in [2.24, 2.45) is 5.73 Å². The van der Waals surface area contributed by atoms with E-state index in [1.54, 1.807) is 6.26 Å². The fourth-order valence-electron chi connectivity index (χ4n) is 2.34. The Labute approximate surface area is 119 Å². The van der Waals surface area contributed by atoms with Crippen molar-refractivity contribution in [3.63, 3.8) is 0 Å². The lowest BCUT2D eigenvalue weighted by atomic mass is 10.0. The molecule has 2 rings (SSSR count). The largest absolute Gasteiger partial charge is 0.468 e. The van der Waals surface area contributed by atoms with Gasteiger partial charge in [-0.2, -0.15) is 0 Å². The molecule has 0 saturated heterocycles. The highest BCUT2D eigenvalue weighted by atomic mass is 32.1. The average Bonchev–Trinajstić information content (AvgIpc) is 3.01. The van der Waals surface area contributed by atoms with Gasteiger partial charge >= 0.3 is 0 Å². The van der Waals surface area contributed by atoms with Crippen molar-refractivity contribution < 1.29 is 4.42 Å². The lowest BCUT2D eigenvalue weighted by molar-refractivity contribution is 0.191. The van der Waals surface area contributed by atoms with Gasteiger partial charge in [0.1, 0.15) is 5.76 Å². The first kappa shape index (κ1) is 14.3. The van der Waals surface area contributed by atoms with Crippen molar-refractivity contribution in [2.75, 3.05) is 7.05 Å². The molecule has 2 aromatic rings. The van der Waals surface area contributed by atoms with E-state index in [1.807, 2.05) is 23.5 Å². The summed E-state index contributed by atoms with van der Waals surface area (Å²) in [4.78, 5) is 4.94. The number of furan rings is 1. The van der Waals surface area contributed by atoms with E-state index < -0.39 is 0 Å². The van der Waals surface area contributed by atoms with Crippen molar-refractivity contribution in [1.82, 2.24) is 4.90 Å². The van der Waals surface area contributed by atoms with E-state index in [2.05, 4.69) is 37.9 Å². The lowest BCUT2D eigenvalue weighted by Crippen LogP contribution is -2.38. The van der Waals surface area contributed by atoms with E-state index in [4.69, 9.17) is 10.2 Å². The Bertz CT molecular complexity index is 492. The van der Waals surface area contributed by atoms with Crippen LogP contribution in [0.5, 0.6) is 0 Å². The molecule has 4 heteroatoms. The molecule has 2 N–H and O–H groups in total. The highest BCUT2D eigenvalue weighted by molar-refractivity contribution is 7.12. The molecule has 0 spiro atoms. The molecule has 0 aromatic carbocycles. The maximum Gasteiger partial charge on any atom is 0.117 e. The highest BCUT2D eigenvalue weighted by Gasteiger charge is 2.25. The molecule has 0 fully saturated rings. The zero-order valence-corrected chi connectivity index (χ0v) is 12.6. The zero-order valence-electron chi connectivity index (χ0n) is 11.8. The third-order valence-electron chi connectivity index (χ3n) is 3.39. The molecule has 19 heavy (non-hydrogen) atoms. The molecule has 0 radical (unpaired) electrons. The number of thiophene rings is 1. The van der Waals surface area contributed by atoms with Gasteiger partial charge in [0.2, 0.25) is 0 Å². The Morgan fingerprint density at radius 2 is 2.16 bits per heavy atom. The van der Waals surface area contributed by atoms with Crippen LogP contribution in [-0.2, 0) is 6.54 Å². The third kappa shape index (κ3) is 3.47. The van der Waals surface area contributed by atoms with Crippen LogP contribution in [0.15, 0.2) is 34.9 Å². The molecule has 2 heterocycles. The van der Waals surface area contributed by atoms with Crippen LogP contribution in [0.1, 0.15) is 34.9 Å². The van der Waals surface area contributed by atoms with Crippen molar-refractivity contribution in [1.29, 1.82) is 0 Å². The Kier molecular flexibility index (Phi) is 4.80. The van der Waals surface area contributed by atoms with Crippen LogP contribution in [-0.4, -0.2) is 18.0 Å². The van der Waals surface area contributed by atoms with Gasteiger partial charge in [0, 0.05) is 15.8 Å². The van der Waals surface area contributed by atoms with Crippen molar-refractivity contribution >= 4 is 11.3 Å². The second-order valence-electron chi connectivity index (χ2n) is 4.96. The second kappa shape index (κ2) is 6.37. The number of nitrogens with two attached hydrogens (primary N) is 1. The molecular formula is C15H22N2OS. The summed E-state index contributed by atoms with van der Waals surface area (Å²) in [7, 11) is 2.11. The van der Waals surface area contributed by atoms with Crippen LogP contribution >= 0.6 is 11.3 Å². The molecular weight excluding hydrogens is 256 g/mol. The smallest absolute Gasteiger partial charge is 0.117 e. The summed E-state index contributed by atoms with van der Waals surface area (Å²) < 4.78 is 5.43. The number of hydrogen-bond donors (Lipinski definition) is 1. The van der Waals surface area contributed by atoms with E-state index in [0.29, 0.717) is 0 Å². The van der Waals surface area contributed by atoms with Crippen LogP contribution in [0.4, 0.5) is 0 Å². The molecule has 2 atom stereocenters. The standard InChI is InChI=1S/C15H22N2OS/c1-4-13(16)15(14-8-7-11(2)19-14)17(3)10-12-6-5-9-18-12/h5-9,13,15H,4,10,16H2,1-3H3. The molecule has 0 saturated carbocycles. The zero-order chi connectivity index (χ0) is 13.8. The maximum absolute atomic E-state index is 6.32. The summed E-state index contributed by atoms with van der Waals surface area (Å²) in [6.07, 6.45) is 2.68. The van der Waals surface area contributed by atoms with Crippen LogP contribution in [0.2, 0.25) is 0 Å². The summed E-state index contributed by atoms with van der Waals surface area (Å²) in [5.41, 5.74) is 6.32. The molecule has 0 aliphatic carbocycles. The van der Waals surface area contributed by atoms with Crippen molar-refractivity contribution in [2.45, 2.75) is 38.9 Å². The SMILES string of the molecule is CCC(N)C(c1ccc(C)s1)N(C)Cc1ccco1. The van der Waals surface area contributed by atoms with Gasteiger partial charge in [0.15, 0.2) is 0 Å². The van der Waals surface area contributed by atoms with Crippen LogP contribution in [0.3, 0.4) is 0 Å². The summed E-state index contributed by atoms with van der Waals surface area (Å²) >= 11 is 1.83. The maximum atomic E-state index is 6.32. The molecule has 2 unspecified atom stereocenters. The summed E-state index contributed by atoms with van der Waals surface area (Å²) in [6, 6.07) is 8.67. The Balaban J connectivity index is 2.17. The van der Waals surface area contributed by atoms with Crippen LogP contribution in [0.25, 0.3) is 0 Å². The van der Waals surface area contributed by atoms with Crippen molar-refractivity contribution in [3.05, 3.63) is 46.0 Å². The Morgan fingerprint density at radius 3 is 2.68 bits per heavy atom. The van der Waals surface area contributed by atoms with Gasteiger partial charge in [-0.25, -0.2) is 0 Å². The van der Waals surface area contributed by atoms with Gasteiger partial charge in [-0.15, -0.1) is 11.3 Å². The molecule has 3 nitrogen and oxygen atoms in total. The first-order valence-corrected chi connectivity index (χ1v) is 7.48. The monoisotopic (exact) mass is 278 g/mol. The predicted molar refractivity (Wildman–Crippen MR) is 80.2 cm³/mol.